The normalized spacial score (nSPS) is 55.9. The first-order valence-electron chi connectivity index (χ1n) is 10.4. The van der Waals surface area contributed by atoms with Gasteiger partial charge in [-0.1, -0.05) is 34.1 Å². The minimum atomic E-state index is 0.476. The number of rotatable bonds is 1. The lowest BCUT2D eigenvalue weighted by molar-refractivity contribution is -0.143. The van der Waals surface area contributed by atoms with Crippen molar-refractivity contribution in [2.24, 2.45) is 39.9 Å². The monoisotopic (exact) mass is 316 g/mol. The minimum absolute atomic E-state index is 0.476. The van der Waals surface area contributed by atoms with E-state index in [2.05, 4.69) is 27.7 Å². The molecule has 7 atom stereocenters. The molecule has 0 amide bonds. The minimum Gasteiger partial charge on any atom is -0.300 e. The Balaban J connectivity index is 1.64. The molecule has 130 valence electrons. The highest BCUT2D eigenvalue weighted by Gasteiger charge is 2.62. The van der Waals surface area contributed by atoms with E-state index in [1.165, 1.54) is 51.4 Å². The molecule has 0 heterocycles. The first-order valence-corrected chi connectivity index (χ1v) is 10.4. The molecule has 0 spiro atoms. The lowest BCUT2D eigenvalue weighted by Gasteiger charge is -2.61. The Morgan fingerprint density at radius 2 is 1.70 bits per heavy atom. The van der Waals surface area contributed by atoms with E-state index in [0.29, 0.717) is 27.9 Å². The van der Waals surface area contributed by atoms with Crippen LogP contribution in [0.2, 0.25) is 0 Å². The SMILES string of the molecule is CCC1(C)CC[C@H]2C3CCC4CC(=O)CC[C@]4(C)[C@H]3CC[C@@]21C. The fraction of sp³-hybridized carbons (Fsp3) is 0.955. The van der Waals surface area contributed by atoms with Crippen LogP contribution in [0.4, 0.5) is 0 Å². The van der Waals surface area contributed by atoms with E-state index in [-0.39, 0.29) is 0 Å². The number of Topliss-reactive ketones (excluding diaryl/α,β-unsaturated/α-hetero) is 1. The largest absolute Gasteiger partial charge is 0.300 e. The third-order valence-electron chi connectivity index (χ3n) is 10.0. The Labute approximate surface area is 143 Å². The molecular weight excluding hydrogens is 280 g/mol. The van der Waals surface area contributed by atoms with Gasteiger partial charge in [-0.15, -0.1) is 0 Å². The summed E-state index contributed by atoms with van der Waals surface area (Å²) in [5, 5.41) is 0. The van der Waals surface area contributed by atoms with Gasteiger partial charge in [0.25, 0.3) is 0 Å². The molecule has 0 saturated heterocycles. The van der Waals surface area contributed by atoms with E-state index in [4.69, 9.17) is 0 Å². The molecule has 23 heavy (non-hydrogen) atoms. The van der Waals surface area contributed by atoms with Crippen LogP contribution in [0.15, 0.2) is 0 Å². The van der Waals surface area contributed by atoms with E-state index in [1.807, 2.05) is 0 Å². The first-order chi connectivity index (χ1) is 10.8. The highest BCUT2D eigenvalue weighted by atomic mass is 16.1. The lowest BCUT2D eigenvalue weighted by atomic mass is 9.43. The van der Waals surface area contributed by atoms with Crippen molar-refractivity contribution in [3.05, 3.63) is 0 Å². The molecule has 4 rings (SSSR count). The van der Waals surface area contributed by atoms with Crippen molar-refractivity contribution in [3.8, 4) is 0 Å². The third kappa shape index (κ3) is 2.00. The van der Waals surface area contributed by atoms with Crippen LogP contribution >= 0.6 is 0 Å². The first kappa shape index (κ1) is 16.2. The summed E-state index contributed by atoms with van der Waals surface area (Å²) in [4.78, 5) is 12.0. The quantitative estimate of drug-likeness (QED) is 0.578. The van der Waals surface area contributed by atoms with Crippen LogP contribution in [-0.2, 0) is 4.79 Å². The topological polar surface area (TPSA) is 17.1 Å². The van der Waals surface area contributed by atoms with Gasteiger partial charge in [0.2, 0.25) is 0 Å². The Kier molecular flexibility index (Phi) is 3.57. The second-order valence-corrected chi connectivity index (χ2v) is 10.3. The van der Waals surface area contributed by atoms with E-state index < -0.39 is 0 Å². The fourth-order valence-electron chi connectivity index (χ4n) is 7.99. The average molecular weight is 317 g/mol. The zero-order valence-electron chi connectivity index (χ0n) is 15.8. The molecule has 4 saturated carbocycles. The van der Waals surface area contributed by atoms with E-state index in [9.17, 15) is 4.79 Å². The van der Waals surface area contributed by atoms with Crippen LogP contribution in [0, 0.1) is 39.9 Å². The van der Waals surface area contributed by atoms with Gasteiger partial charge in [0.15, 0.2) is 0 Å². The van der Waals surface area contributed by atoms with Crippen LogP contribution in [0.3, 0.4) is 0 Å². The van der Waals surface area contributed by atoms with Gasteiger partial charge < -0.3 is 0 Å². The maximum absolute atomic E-state index is 12.0. The van der Waals surface area contributed by atoms with E-state index in [1.54, 1.807) is 0 Å². The van der Waals surface area contributed by atoms with Gasteiger partial charge in [0, 0.05) is 12.8 Å². The number of hydrogen-bond donors (Lipinski definition) is 0. The highest BCUT2D eigenvalue weighted by Crippen LogP contribution is 2.70. The molecule has 0 N–H and O–H groups in total. The molecule has 0 aromatic heterocycles. The zero-order chi connectivity index (χ0) is 16.5. The van der Waals surface area contributed by atoms with Crippen LogP contribution in [0.1, 0.15) is 91.9 Å². The fourth-order valence-corrected chi connectivity index (χ4v) is 7.99. The molecule has 4 aliphatic rings. The summed E-state index contributed by atoms with van der Waals surface area (Å²) in [6, 6.07) is 0. The molecule has 3 unspecified atom stereocenters. The van der Waals surface area contributed by atoms with Crippen molar-refractivity contribution >= 4 is 5.78 Å². The summed E-state index contributed by atoms with van der Waals surface area (Å²) in [7, 11) is 0. The number of carbonyl (C=O) groups is 1. The summed E-state index contributed by atoms with van der Waals surface area (Å²) >= 11 is 0. The van der Waals surface area contributed by atoms with Gasteiger partial charge in [0.1, 0.15) is 5.78 Å². The molecule has 0 aromatic rings. The van der Waals surface area contributed by atoms with Crippen molar-refractivity contribution in [2.45, 2.75) is 91.9 Å². The van der Waals surface area contributed by atoms with Crippen LogP contribution in [0.25, 0.3) is 0 Å². The molecule has 4 fully saturated rings. The van der Waals surface area contributed by atoms with Gasteiger partial charge >= 0.3 is 0 Å². The molecule has 1 heteroatoms. The predicted octanol–water partition coefficient (Wildman–Crippen LogP) is 6.01. The number of hydrogen-bond acceptors (Lipinski definition) is 1. The molecule has 0 bridgehead atoms. The van der Waals surface area contributed by atoms with E-state index >= 15 is 0 Å². The number of fused-ring (bicyclic) bond motifs is 5. The number of ketones is 1. The Morgan fingerprint density at radius 1 is 0.957 bits per heavy atom. The van der Waals surface area contributed by atoms with Crippen molar-refractivity contribution in [1.29, 1.82) is 0 Å². The molecule has 0 aliphatic heterocycles. The maximum atomic E-state index is 12.0. The Morgan fingerprint density at radius 3 is 2.43 bits per heavy atom. The van der Waals surface area contributed by atoms with Gasteiger partial charge in [0.05, 0.1) is 0 Å². The van der Waals surface area contributed by atoms with E-state index in [0.717, 1.165) is 30.6 Å². The number of carbonyl (C=O) groups excluding carboxylic acids is 1. The van der Waals surface area contributed by atoms with Crippen molar-refractivity contribution in [3.63, 3.8) is 0 Å². The van der Waals surface area contributed by atoms with Gasteiger partial charge in [-0.2, -0.15) is 0 Å². The van der Waals surface area contributed by atoms with Crippen molar-refractivity contribution in [2.75, 3.05) is 0 Å². The molecule has 1 nitrogen and oxygen atoms in total. The summed E-state index contributed by atoms with van der Waals surface area (Å²) in [6.07, 6.45) is 12.9. The van der Waals surface area contributed by atoms with Crippen LogP contribution < -0.4 is 0 Å². The summed E-state index contributed by atoms with van der Waals surface area (Å²) in [5.74, 6) is 4.07. The standard InChI is InChI=1S/C22H36O/c1-5-20(2)11-9-19-17-7-6-15-14-16(23)8-12-21(15,3)18(17)10-13-22(19,20)4/h15,17-19H,5-14H2,1-4H3/t15?,17?,18-,19-,20?,21-,22-/m0/s1. The predicted molar refractivity (Wildman–Crippen MR) is 95.1 cm³/mol. The molecule has 0 radical (unpaired) electrons. The summed E-state index contributed by atoms with van der Waals surface area (Å²) in [5.41, 5.74) is 1.63. The zero-order valence-corrected chi connectivity index (χ0v) is 15.8. The van der Waals surface area contributed by atoms with Crippen molar-refractivity contribution in [1.82, 2.24) is 0 Å². The lowest BCUT2D eigenvalue weighted by Crippen LogP contribution is -2.54. The second-order valence-electron chi connectivity index (χ2n) is 10.3. The third-order valence-corrected chi connectivity index (χ3v) is 10.0. The van der Waals surface area contributed by atoms with Gasteiger partial charge in [-0.3, -0.25) is 4.79 Å². The summed E-state index contributed by atoms with van der Waals surface area (Å²) in [6.45, 7) is 10.2. The van der Waals surface area contributed by atoms with Crippen molar-refractivity contribution < 1.29 is 4.79 Å². The Hall–Kier alpha value is -0.330. The molecule has 0 aromatic carbocycles. The van der Waals surface area contributed by atoms with Gasteiger partial charge in [-0.25, -0.2) is 0 Å². The smallest absolute Gasteiger partial charge is 0.133 e. The highest BCUT2D eigenvalue weighted by molar-refractivity contribution is 5.79. The Bertz CT molecular complexity index is 510. The van der Waals surface area contributed by atoms with Crippen LogP contribution in [0.5, 0.6) is 0 Å². The average Bonchev–Trinajstić information content (AvgIpc) is 2.80. The molecule has 4 aliphatic carbocycles. The van der Waals surface area contributed by atoms with Crippen LogP contribution in [-0.4, -0.2) is 5.78 Å². The molecular formula is C22H36O. The second kappa shape index (κ2) is 5.09. The maximum Gasteiger partial charge on any atom is 0.133 e. The summed E-state index contributed by atoms with van der Waals surface area (Å²) < 4.78 is 0. The van der Waals surface area contributed by atoms with Gasteiger partial charge in [-0.05, 0) is 84.9 Å².